The summed E-state index contributed by atoms with van der Waals surface area (Å²) in [5, 5.41) is 2.95. The molecule has 4 nitrogen and oxygen atoms in total. The number of hydrogen-bond acceptors (Lipinski definition) is 3. The zero-order valence-electron chi connectivity index (χ0n) is 12.6. The summed E-state index contributed by atoms with van der Waals surface area (Å²) in [7, 11) is 3.17. The molecule has 20 heavy (non-hydrogen) atoms. The number of carbonyl (C=O) groups is 1. The lowest BCUT2D eigenvalue weighted by Gasteiger charge is -2.13. The Labute approximate surface area is 120 Å². The van der Waals surface area contributed by atoms with Gasteiger partial charge in [-0.25, -0.2) is 0 Å². The molecule has 0 saturated heterocycles. The van der Waals surface area contributed by atoms with Crippen molar-refractivity contribution in [2.75, 3.05) is 14.2 Å². The molecule has 0 spiro atoms. The average Bonchev–Trinajstić information content (AvgIpc) is 2.49. The minimum absolute atomic E-state index is 0.0939. The number of ether oxygens (including phenoxy) is 2. The molecule has 0 radical (unpaired) electrons. The normalized spacial score (nSPS) is 10.8. The van der Waals surface area contributed by atoms with Crippen LogP contribution < -0.4 is 14.8 Å². The van der Waals surface area contributed by atoms with Crippen LogP contribution in [0.15, 0.2) is 24.3 Å². The van der Waals surface area contributed by atoms with Crippen molar-refractivity contribution >= 4 is 12.0 Å². The maximum absolute atomic E-state index is 11.8. The molecule has 1 aromatic carbocycles. The van der Waals surface area contributed by atoms with Crippen molar-refractivity contribution in [1.29, 1.82) is 0 Å². The van der Waals surface area contributed by atoms with Gasteiger partial charge in [-0.15, -0.1) is 0 Å². The first-order chi connectivity index (χ1) is 9.65. The highest BCUT2D eigenvalue weighted by molar-refractivity contribution is 5.92. The SMILES string of the molecule is CCC(CC)NC(=O)/C=C/c1cccc(OC)c1OC. The summed E-state index contributed by atoms with van der Waals surface area (Å²) < 4.78 is 10.5. The van der Waals surface area contributed by atoms with Gasteiger partial charge in [-0.1, -0.05) is 26.0 Å². The van der Waals surface area contributed by atoms with E-state index in [1.807, 2.05) is 18.2 Å². The summed E-state index contributed by atoms with van der Waals surface area (Å²) in [5.74, 6) is 1.18. The highest BCUT2D eigenvalue weighted by Crippen LogP contribution is 2.31. The number of rotatable bonds is 7. The van der Waals surface area contributed by atoms with E-state index in [0.717, 1.165) is 18.4 Å². The second-order valence-electron chi connectivity index (χ2n) is 4.44. The number of benzene rings is 1. The molecule has 0 unspecified atom stereocenters. The first-order valence-electron chi connectivity index (χ1n) is 6.85. The van der Waals surface area contributed by atoms with E-state index < -0.39 is 0 Å². The quantitative estimate of drug-likeness (QED) is 0.779. The Balaban J connectivity index is 2.82. The van der Waals surface area contributed by atoms with Crippen molar-refractivity contribution in [2.45, 2.75) is 32.7 Å². The van der Waals surface area contributed by atoms with E-state index in [1.165, 1.54) is 6.08 Å². The Morgan fingerprint density at radius 1 is 1.25 bits per heavy atom. The third-order valence-corrected chi connectivity index (χ3v) is 3.18. The summed E-state index contributed by atoms with van der Waals surface area (Å²) in [4.78, 5) is 11.8. The second kappa shape index (κ2) is 8.25. The van der Waals surface area contributed by atoms with Gasteiger partial charge in [0, 0.05) is 17.7 Å². The minimum Gasteiger partial charge on any atom is -0.493 e. The molecule has 1 aromatic rings. The fourth-order valence-corrected chi connectivity index (χ4v) is 1.95. The Hall–Kier alpha value is -1.97. The number of amides is 1. The molecule has 4 heteroatoms. The Morgan fingerprint density at radius 3 is 2.50 bits per heavy atom. The largest absolute Gasteiger partial charge is 0.493 e. The zero-order valence-corrected chi connectivity index (χ0v) is 12.6. The van der Waals surface area contributed by atoms with E-state index >= 15 is 0 Å². The van der Waals surface area contributed by atoms with Gasteiger partial charge in [0.1, 0.15) is 0 Å². The average molecular weight is 277 g/mol. The van der Waals surface area contributed by atoms with Crippen LogP contribution in [-0.2, 0) is 4.79 Å². The predicted octanol–water partition coefficient (Wildman–Crippen LogP) is 3.02. The summed E-state index contributed by atoms with van der Waals surface area (Å²) in [6.07, 6.45) is 5.12. The van der Waals surface area contributed by atoms with Gasteiger partial charge >= 0.3 is 0 Å². The van der Waals surface area contributed by atoms with Gasteiger partial charge in [-0.05, 0) is 25.0 Å². The molecule has 0 fully saturated rings. The molecular formula is C16H23NO3. The van der Waals surface area contributed by atoms with Crippen molar-refractivity contribution in [1.82, 2.24) is 5.32 Å². The van der Waals surface area contributed by atoms with Crippen LogP contribution in [0.4, 0.5) is 0 Å². The molecule has 0 saturated carbocycles. The van der Waals surface area contributed by atoms with Crippen molar-refractivity contribution in [2.24, 2.45) is 0 Å². The predicted molar refractivity (Wildman–Crippen MR) is 81.1 cm³/mol. The highest BCUT2D eigenvalue weighted by Gasteiger charge is 2.08. The third kappa shape index (κ3) is 4.30. The van der Waals surface area contributed by atoms with Gasteiger partial charge < -0.3 is 14.8 Å². The highest BCUT2D eigenvalue weighted by atomic mass is 16.5. The van der Waals surface area contributed by atoms with Crippen LogP contribution in [-0.4, -0.2) is 26.2 Å². The molecule has 0 atom stereocenters. The second-order valence-corrected chi connectivity index (χ2v) is 4.44. The van der Waals surface area contributed by atoms with Crippen molar-refractivity contribution in [3.05, 3.63) is 29.8 Å². The molecular weight excluding hydrogens is 254 g/mol. The third-order valence-electron chi connectivity index (χ3n) is 3.18. The Morgan fingerprint density at radius 2 is 1.95 bits per heavy atom. The van der Waals surface area contributed by atoms with Gasteiger partial charge in [0.25, 0.3) is 0 Å². The Kier molecular flexibility index (Phi) is 6.64. The smallest absolute Gasteiger partial charge is 0.244 e. The molecule has 0 aliphatic carbocycles. The van der Waals surface area contributed by atoms with E-state index in [1.54, 1.807) is 20.3 Å². The molecule has 1 N–H and O–H groups in total. The fourth-order valence-electron chi connectivity index (χ4n) is 1.95. The van der Waals surface area contributed by atoms with Crippen LogP contribution in [0.25, 0.3) is 6.08 Å². The minimum atomic E-state index is -0.0939. The molecule has 0 aliphatic heterocycles. The van der Waals surface area contributed by atoms with Gasteiger partial charge in [0.05, 0.1) is 14.2 Å². The number of para-hydroxylation sites is 1. The van der Waals surface area contributed by atoms with Gasteiger partial charge in [-0.2, -0.15) is 0 Å². The Bertz CT molecular complexity index is 465. The molecule has 0 aromatic heterocycles. The van der Waals surface area contributed by atoms with E-state index in [9.17, 15) is 4.79 Å². The van der Waals surface area contributed by atoms with Crippen LogP contribution >= 0.6 is 0 Å². The fraction of sp³-hybridized carbons (Fsp3) is 0.438. The van der Waals surface area contributed by atoms with Gasteiger partial charge in [0.15, 0.2) is 11.5 Å². The van der Waals surface area contributed by atoms with Crippen molar-refractivity contribution in [3.63, 3.8) is 0 Å². The zero-order chi connectivity index (χ0) is 15.0. The van der Waals surface area contributed by atoms with Gasteiger partial charge in [0.2, 0.25) is 5.91 Å². The molecule has 0 heterocycles. The summed E-state index contributed by atoms with van der Waals surface area (Å²) >= 11 is 0. The lowest BCUT2D eigenvalue weighted by atomic mass is 10.1. The molecule has 0 bridgehead atoms. The maximum Gasteiger partial charge on any atom is 0.244 e. The van der Waals surface area contributed by atoms with E-state index in [2.05, 4.69) is 19.2 Å². The molecule has 1 amide bonds. The van der Waals surface area contributed by atoms with Crippen molar-refractivity contribution in [3.8, 4) is 11.5 Å². The van der Waals surface area contributed by atoms with Crippen LogP contribution in [0.5, 0.6) is 11.5 Å². The standard InChI is InChI=1S/C16H23NO3/c1-5-13(6-2)17-15(18)11-10-12-8-7-9-14(19-3)16(12)20-4/h7-11,13H,5-6H2,1-4H3,(H,17,18)/b11-10+. The number of carbonyl (C=O) groups excluding carboxylic acids is 1. The molecule has 0 aliphatic rings. The van der Waals surface area contributed by atoms with Crippen LogP contribution in [0, 0.1) is 0 Å². The van der Waals surface area contributed by atoms with Crippen LogP contribution in [0.2, 0.25) is 0 Å². The van der Waals surface area contributed by atoms with E-state index in [0.29, 0.717) is 11.5 Å². The number of hydrogen-bond donors (Lipinski definition) is 1. The molecule has 1 rings (SSSR count). The molecule has 110 valence electrons. The first-order valence-corrected chi connectivity index (χ1v) is 6.85. The lowest BCUT2D eigenvalue weighted by molar-refractivity contribution is -0.117. The topological polar surface area (TPSA) is 47.6 Å². The lowest BCUT2D eigenvalue weighted by Crippen LogP contribution is -2.32. The van der Waals surface area contributed by atoms with E-state index in [-0.39, 0.29) is 11.9 Å². The van der Waals surface area contributed by atoms with Crippen molar-refractivity contribution < 1.29 is 14.3 Å². The summed E-state index contributed by atoms with van der Waals surface area (Å²) in [6, 6.07) is 5.78. The number of nitrogens with one attached hydrogen (secondary N) is 1. The summed E-state index contributed by atoms with van der Waals surface area (Å²) in [5.41, 5.74) is 0.812. The maximum atomic E-state index is 11.8. The van der Waals surface area contributed by atoms with Gasteiger partial charge in [-0.3, -0.25) is 4.79 Å². The van der Waals surface area contributed by atoms with Crippen LogP contribution in [0.1, 0.15) is 32.3 Å². The van der Waals surface area contributed by atoms with Crippen LogP contribution in [0.3, 0.4) is 0 Å². The number of methoxy groups -OCH3 is 2. The monoisotopic (exact) mass is 277 g/mol. The summed E-state index contributed by atoms with van der Waals surface area (Å²) in [6.45, 7) is 4.12. The first kappa shape index (κ1) is 16.1. The van der Waals surface area contributed by atoms with E-state index in [4.69, 9.17) is 9.47 Å².